The van der Waals surface area contributed by atoms with Crippen LogP contribution in [0.3, 0.4) is 0 Å². The third kappa shape index (κ3) is 4.44. The molecule has 0 fully saturated rings. The minimum absolute atomic E-state index is 0.0689. The van der Waals surface area contributed by atoms with Crippen molar-refractivity contribution < 1.29 is 27.4 Å². The van der Waals surface area contributed by atoms with E-state index in [0.29, 0.717) is 5.56 Å². The lowest BCUT2D eigenvalue weighted by Gasteiger charge is -2.29. The first-order chi connectivity index (χ1) is 9.71. The third-order valence-electron chi connectivity index (χ3n) is 2.95. The number of nitrogens with two attached hydrogens (primary N) is 1. The number of carbonyl (C=O) groups excluding carboxylic acids is 1. The molecule has 0 aliphatic rings. The summed E-state index contributed by atoms with van der Waals surface area (Å²) < 4.78 is 47.1. The van der Waals surface area contributed by atoms with Crippen LogP contribution in [0.25, 0.3) is 0 Å². The Morgan fingerprint density at radius 2 is 1.86 bits per heavy atom. The molecule has 0 amide bonds. The zero-order valence-electron chi connectivity index (χ0n) is 11.8. The maximum Gasteiger partial charge on any atom is 0.414 e. The zero-order valence-corrected chi connectivity index (χ0v) is 11.8. The van der Waals surface area contributed by atoms with Crippen molar-refractivity contribution in [3.8, 4) is 0 Å². The molecule has 0 heterocycles. The summed E-state index contributed by atoms with van der Waals surface area (Å²) in [5, 5.41) is 0. The van der Waals surface area contributed by atoms with Crippen LogP contribution in [0.2, 0.25) is 0 Å². The molecule has 0 saturated carbocycles. The lowest BCUT2D eigenvalue weighted by atomic mass is 9.92. The van der Waals surface area contributed by atoms with Gasteiger partial charge in [0.2, 0.25) is 0 Å². The summed E-state index contributed by atoms with van der Waals surface area (Å²) in [7, 11) is 0. The fourth-order valence-corrected chi connectivity index (χ4v) is 1.61. The topological polar surface area (TPSA) is 61.5 Å². The molecular weight excluding hydrogens is 287 g/mol. The van der Waals surface area contributed by atoms with Crippen LogP contribution in [0.5, 0.6) is 0 Å². The molecule has 21 heavy (non-hydrogen) atoms. The molecule has 0 aliphatic heterocycles. The highest BCUT2D eigenvalue weighted by molar-refractivity contribution is 5.82. The normalized spacial score (nSPS) is 16.1. The van der Waals surface area contributed by atoms with Crippen molar-refractivity contribution in [1.82, 2.24) is 0 Å². The number of rotatable bonds is 6. The van der Waals surface area contributed by atoms with E-state index in [9.17, 15) is 18.0 Å². The van der Waals surface area contributed by atoms with E-state index in [4.69, 9.17) is 15.2 Å². The van der Waals surface area contributed by atoms with Gasteiger partial charge in [0.15, 0.2) is 11.6 Å². The van der Waals surface area contributed by atoms with E-state index in [1.54, 1.807) is 37.3 Å². The van der Waals surface area contributed by atoms with Crippen LogP contribution in [0, 0.1) is 0 Å². The van der Waals surface area contributed by atoms with Crippen molar-refractivity contribution in [3.63, 3.8) is 0 Å². The highest BCUT2D eigenvalue weighted by Gasteiger charge is 2.42. The molecule has 1 rings (SSSR count). The van der Waals surface area contributed by atoms with Crippen LogP contribution < -0.4 is 5.73 Å². The molecule has 118 valence electrons. The minimum atomic E-state index is -4.52. The molecule has 2 atom stereocenters. The number of carbonyl (C=O) groups is 1. The summed E-state index contributed by atoms with van der Waals surface area (Å²) in [6.45, 7) is 1.88. The van der Waals surface area contributed by atoms with Crippen LogP contribution in [0.15, 0.2) is 30.3 Å². The van der Waals surface area contributed by atoms with Crippen LogP contribution in [0.1, 0.15) is 19.4 Å². The average Bonchev–Trinajstić information content (AvgIpc) is 2.44. The van der Waals surface area contributed by atoms with E-state index in [1.165, 1.54) is 0 Å². The molecule has 7 heteroatoms. The van der Waals surface area contributed by atoms with E-state index >= 15 is 0 Å². The quantitative estimate of drug-likeness (QED) is 0.820. The lowest BCUT2D eigenvalue weighted by Crippen LogP contribution is -2.51. The molecule has 4 nitrogen and oxygen atoms in total. The Bertz CT molecular complexity index is 464. The van der Waals surface area contributed by atoms with Gasteiger partial charge < -0.3 is 15.2 Å². The van der Waals surface area contributed by atoms with Gasteiger partial charge in [0.05, 0.1) is 13.2 Å². The van der Waals surface area contributed by atoms with Gasteiger partial charge in [-0.25, -0.2) is 4.79 Å². The van der Waals surface area contributed by atoms with Gasteiger partial charge in [0.25, 0.3) is 0 Å². The molecule has 1 aromatic rings. The van der Waals surface area contributed by atoms with Gasteiger partial charge in [-0.1, -0.05) is 30.3 Å². The van der Waals surface area contributed by atoms with Crippen LogP contribution in [-0.2, 0) is 19.8 Å². The van der Waals surface area contributed by atoms with E-state index in [-0.39, 0.29) is 6.61 Å². The summed E-state index contributed by atoms with van der Waals surface area (Å²) in [5.41, 5.74) is 4.52. The molecular formula is C14H18F3NO3. The number of ether oxygens (including phenoxy) is 2. The minimum Gasteiger partial charge on any atom is -0.464 e. The number of hydrogen-bond acceptors (Lipinski definition) is 4. The Labute approximate surface area is 121 Å². The van der Waals surface area contributed by atoms with Crippen molar-refractivity contribution in [2.45, 2.75) is 31.7 Å². The maximum atomic E-state index is 12.5. The largest absolute Gasteiger partial charge is 0.464 e. The predicted molar refractivity (Wildman–Crippen MR) is 70.4 cm³/mol. The smallest absolute Gasteiger partial charge is 0.414 e. The Hall–Kier alpha value is -1.60. The van der Waals surface area contributed by atoms with Crippen molar-refractivity contribution in [2.24, 2.45) is 5.73 Å². The number of benzene rings is 1. The Kier molecular flexibility index (Phi) is 5.74. The predicted octanol–water partition coefficient (Wildman–Crippen LogP) is 2.37. The first-order valence-electron chi connectivity index (χ1n) is 6.41. The van der Waals surface area contributed by atoms with Gasteiger partial charge >= 0.3 is 12.1 Å². The molecule has 2 unspecified atom stereocenters. The summed E-state index contributed by atoms with van der Waals surface area (Å²) in [4.78, 5) is 12.0. The first-order valence-corrected chi connectivity index (χ1v) is 6.41. The highest BCUT2D eigenvalue weighted by atomic mass is 19.4. The first kappa shape index (κ1) is 17.5. The van der Waals surface area contributed by atoms with E-state index in [2.05, 4.69) is 0 Å². The fourth-order valence-electron chi connectivity index (χ4n) is 1.61. The fraction of sp³-hybridized carbons (Fsp3) is 0.500. The molecule has 0 spiro atoms. The molecule has 0 aliphatic carbocycles. The van der Waals surface area contributed by atoms with E-state index in [1.807, 2.05) is 0 Å². The second-order valence-corrected chi connectivity index (χ2v) is 4.55. The number of esters is 1. The number of alkyl halides is 3. The Morgan fingerprint density at radius 3 is 2.33 bits per heavy atom. The van der Waals surface area contributed by atoms with E-state index < -0.39 is 30.4 Å². The molecule has 2 N–H and O–H groups in total. The van der Waals surface area contributed by atoms with Gasteiger partial charge in [-0.3, -0.25) is 0 Å². The molecule has 0 radical (unpaired) electrons. The highest BCUT2D eigenvalue weighted by Crippen LogP contribution is 2.26. The van der Waals surface area contributed by atoms with Crippen LogP contribution >= 0.6 is 0 Å². The second kappa shape index (κ2) is 6.91. The third-order valence-corrected chi connectivity index (χ3v) is 2.95. The van der Waals surface area contributed by atoms with Crippen LogP contribution in [-0.4, -0.2) is 31.5 Å². The van der Waals surface area contributed by atoms with Gasteiger partial charge in [0, 0.05) is 0 Å². The van der Waals surface area contributed by atoms with Gasteiger partial charge in [-0.05, 0) is 19.4 Å². The van der Waals surface area contributed by atoms with Crippen molar-refractivity contribution in [3.05, 3.63) is 35.9 Å². The molecule has 0 aromatic heterocycles. The summed E-state index contributed by atoms with van der Waals surface area (Å²) >= 11 is 0. The molecule has 1 aromatic carbocycles. The SMILES string of the molecule is CCOC(=O)C(N)(COC(C)C(F)(F)F)c1ccccc1. The average molecular weight is 305 g/mol. The van der Waals surface area contributed by atoms with Crippen LogP contribution in [0.4, 0.5) is 13.2 Å². The van der Waals surface area contributed by atoms with Gasteiger partial charge in [-0.2, -0.15) is 13.2 Å². The van der Waals surface area contributed by atoms with Crippen molar-refractivity contribution >= 4 is 5.97 Å². The molecule has 0 bridgehead atoms. The standard InChI is InChI=1S/C14H18F3NO3/c1-3-20-12(19)13(18,11-7-5-4-6-8-11)9-21-10(2)14(15,16)17/h4-8,10H,3,9,18H2,1-2H3. The summed E-state index contributed by atoms with van der Waals surface area (Å²) in [6.07, 6.45) is -6.55. The summed E-state index contributed by atoms with van der Waals surface area (Å²) in [6, 6.07) is 8.04. The Balaban J connectivity index is 2.96. The Morgan fingerprint density at radius 1 is 1.29 bits per heavy atom. The lowest BCUT2D eigenvalue weighted by molar-refractivity contribution is -0.219. The van der Waals surface area contributed by atoms with E-state index in [0.717, 1.165) is 6.92 Å². The molecule has 0 saturated heterocycles. The maximum absolute atomic E-state index is 12.5. The monoisotopic (exact) mass is 305 g/mol. The number of halogens is 3. The second-order valence-electron chi connectivity index (χ2n) is 4.55. The summed E-state index contributed by atoms with van der Waals surface area (Å²) in [5.74, 6) is -0.828. The van der Waals surface area contributed by atoms with Gasteiger partial charge in [-0.15, -0.1) is 0 Å². The van der Waals surface area contributed by atoms with Crippen molar-refractivity contribution in [1.29, 1.82) is 0 Å². The number of hydrogen-bond donors (Lipinski definition) is 1. The van der Waals surface area contributed by atoms with Gasteiger partial charge in [0.1, 0.15) is 0 Å². The van der Waals surface area contributed by atoms with Crippen molar-refractivity contribution in [2.75, 3.05) is 13.2 Å². The zero-order chi connectivity index (χ0) is 16.1.